The highest BCUT2D eigenvalue weighted by atomic mass is 16.3. The average molecular weight is 266 g/mol. The molecule has 1 aromatic rings. The van der Waals surface area contributed by atoms with E-state index in [2.05, 4.69) is 24.5 Å². The Hall–Kier alpha value is -1.45. The van der Waals surface area contributed by atoms with E-state index in [1.807, 2.05) is 12.1 Å². The molecule has 0 spiro atoms. The predicted molar refractivity (Wildman–Crippen MR) is 77.1 cm³/mol. The van der Waals surface area contributed by atoms with Gasteiger partial charge in [-0.1, -0.05) is 33.1 Å². The third-order valence-electron chi connectivity index (χ3n) is 3.33. The summed E-state index contributed by atoms with van der Waals surface area (Å²) >= 11 is 0. The molecule has 0 aliphatic carbocycles. The maximum Gasteiger partial charge on any atom is 0.314 e. The zero-order chi connectivity index (χ0) is 13.9. The lowest BCUT2D eigenvalue weighted by Gasteiger charge is -2.15. The lowest BCUT2D eigenvalue weighted by atomic mass is 9.99. The third kappa shape index (κ3) is 6.89. The lowest BCUT2D eigenvalue weighted by Crippen LogP contribution is -2.39. The van der Waals surface area contributed by atoms with E-state index in [9.17, 15) is 4.79 Å². The highest BCUT2D eigenvalue weighted by Gasteiger charge is 2.07. The Balaban J connectivity index is 2.09. The number of carbonyl (C=O) groups excluding carboxylic acids is 1. The molecule has 0 aliphatic heterocycles. The van der Waals surface area contributed by atoms with Crippen molar-refractivity contribution in [2.45, 2.75) is 46.0 Å². The molecule has 1 rings (SSSR count). The minimum absolute atomic E-state index is 0.0819. The van der Waals surface area contributed by atoms with Gasteiger partial charge in [-0.3, -0.25) is 0 Å². The van der Waals surface area contributed by atoms with Gasteiger partial charge >= 0.3 is 6.03 Å². The molecule has 4 heteroatoms. The summed E-state index contributed by atoms with van der Waals surface area (Å²) in [5, 5.41) is 5.79. The van der Waals surface area contributed by atoms with Gasteiger partial charge in [0, 0.05) is 19.5 Å². The standard InChI is InChI=1S/C15H26N2O2/c1-3-5-7-13(4-2)12-17-15(18)16-10-9-14-8-6-11-19-14/h6,8,11,13H,3-5,7,9-10,12H2,1-2H3,(H2,16,17,18). The summed E-state index contributed by atoms with van der Waals surface area (Å²) in [5.74, 6) is 1.49. The molecule has 0 bridgehead atoms. The zero-order valence-corrected chi connectivity index (χ0v) is 12.1. The summed E-state index contributed by atoms with van der Waals surface area (Å²) in [6.07, 6.45) is 7.14. The van der Waals surface area contributed by atoms with E-state index in [4.69, 9.17) is 4.42 Å². The minimum Gasteiger partial charge on any atom is -0.469 e. The second-order valence-electron chi connectivity index (χ2n) is 4.88. The molecule has 19 heavy (non-hydrogen) atoms. The van der Waals surface area contributed by atoms with Gasteiger partial charge in [0.2, 0.25) is 0 Å². The topological polar surface area (TPSA) is 54.3 Å². The summed E-state index contributed by atoms with van der Waals surface area (Å²) in [4.78, 5) is 11.6. The van der Waals surface area contributed by atoms with Gasteiger partial charge in [0.15, 0.2) is 0 Å². The first-order chi connectivity index (χ1) is 9.26. The van der Waals surface area contributed by atoms with Gasteiger partial charge in [-0.25, -0.2) is 4.79 Å². The summed E-state index contributed by atoms with van der Waals surface area (Å²) < 4.78 is 5.20. The quantitative estimate of drug-likeness (QED) is 0.720. The number of rotatable bonds is 9. The fraction of sp³-hybridized carbons (Fsp3) is 0.667. The SMILES string of the molecule is CCCCC(CC)CNC(=O)NCCc1ccco1. The molecule has 0 aliphatic rings. The van der Waals surface area contributed by atoms with Gasteiger partial charge < -0.3 is 15.1 Å². The molecular formula is C15H26N2O2. The van der Waals surface area contributed by atoms with E-state index in [0.29, 0.717) is 12.5 Å². The molecule has 0 fully saturated rings. The molecule has 1 unspecified atom stereocenters. The predicted octanol–water partition coefficient (Wildman–Crippen LogP) is 3.34. The second-order valence-corrected chi connectivity index (χ2v) is 4.88. The van der Waals surface area contributed by atoms with Crippen LogP contribution in [0.15, 0.2) is 22.8 Å². The zero-order valence-electron chi connectivity index (χ0n) is 12.1. The van der Waals surface area contributed by atoms with Crippen LogP contribution >= 0.6 is 0 Å². The van der Waals surface area contributed by atoms with Crippen molar-refractivity contribution in [2.75, 3.05) is 13.1 Å². The highest BCUT2D eigenvalue weighted by molar-refractivity contribution is 5.73. The van der Waals surface area contributed by atoms with Gasteiger partial charge in [0.1, 0.15) is 5.76 Å². The number of amides is 2. The monoisotopic (exact) mass is 266 g/mol. The van der Waals surface area contributed by atoms with Crippen molar-refractivity contribution in [3.05, 3.63) is 24.2 Å². The van der Waals surface area contributed by atoms with Crippen molar-refractivity contribution in [1.29, 1.82) is 0 Å². The Morgan fingerprint density at radius 2 is 2.21 bits per heavy atom. The molecule has 1 atom stereocenters. The molecule has 0 aromatic carbocycles. The van der Waals surface area contributed by atoms with E-state index in [0.717, 1.165) is 25.1 Å². The number of hydrogen-bond donors (Lipinski definition) is 2. The molecule has 108 valence electrons. The molecule has 0 saturated carbocycles. The number of carbonyl (C=O) groups is 1. The summed E-state index contributed by atoms with van der Waals surface area (Å²) in [5.41, 5.74) is 0. The van der Waals surface area contributed by atoms with E-state index in [1.165, 1.54) is 19.3 Å². The maximum atomic E-state index is 11.6. The van der Waals surface area contributed by atoms with E-state index in [1.54, 1.807) is 6.26 Å². The van der Waals surface area contributed by atoms with Crippen LogP contribution in [0.3, 0.4) is 0 Å². The van der Waals surface area contributed by atoms with Crippen LogP contribution in [0.25, 0.3) is 0 Å². The summed E-state index contributed by atoms with van der Waals surface area (Å²) in [7, 11) is 0. The van der Waals surface area contributed by atoms with Gasteiger partial charge in [-0.15, -0.1) is 0 Å². The molecule has 0 saturated heterocycles. The Bertz CT molecular complexity index is 336. The third-order valence-corrected chi connectivity index (χ3v) is 3.33. The lowest BCUT2D eigenvalue weighted by molar-refractivity contribution is 0.238. The fourth-order valence-corrected chi connectivity index (χ4v) is 2.00. The molecular weight excluding hydrogens is 240 g/mol. The average Bonchev–Trinajstić information content (AvgIpc) is 2.92. The molecule has 2 amide bonds. The minimum atomic E-state index is -0.0819. The Morgan fingerprint density at radius 1 is 1.37 bits per heavy atom. The van der Waals surface area contributed by atoms with E-state index < -0.39 is 0 Å². The van der Waals surface area contributed by atoms with Crippen LogP contribution < -0.4 is 10.6 Å². The first-order valence-electron chi connectivity index (χ1n) is 7.30. The van der Waals surface area contributed by atoms with Crippen LogP contribution in [-0.2, 0) is 6.42 Å². The van der Waals surface area contributed by atoms with Crippen molar-refractivity contribution in [2.24, 2.45) is 5.92 Å². The number of urea groups is 1. The number of nitrogens with one attached hydrogen (secondary N) is 2. The summed E-state index contributed by atoms with van der Waals surface area (Å²) in [6, 6.07) is 3.69. The van der Waals surface area contributed by atoms with E-state index in [-0.39, 0.29) is 6.03 Å². The summed E-state index contributed by atoms with van der Waals surface area (Å²) in [6.45, 7) is 5.74. The Labute approximate surface area is 116 Å². The molecule has 1 heterocycles. The Kier molecular flexibility index (Phi) is 7.78. The van der Waals surface area contributed by atoms with Crippen molar-refractivity contribution in [1.82, 2.24) is 10.6 Å². The van der Waals surface area contributed by atoms with Crippen molar-refractivity contribution in [3.63, 3.8) is 0 Å². The fourth-order valence-electron chi connectivity index (χ4n) is 2.00. The maximum absolute atomic E-state index is 11.6. The second kappa shape index (κ2) is 9.48. The Morgan fingerprint density at radius 3 is 2.84 bits per heavy atom. The number of furan rings is 1. The van der Waals surface area contributed by atoms with Gasteiger partial charge in [-0.05, 0) is 24.5 Å². The van der Waals surface area contributed by atoms with Crippen molar-refractivity contribution >= 4 is 6.03 Å². The normalized spacial score (nSPS) is 12.1. The van der Waals surface area contributed by atoms with Crippen molar-refractivity contribution in [3.8, 4) is 0 Å². The number of unbranched alkanes of at least 4 members (excludes halogenated alkanes) is 1. The van der Waals surface area contributed by atoms with Crippen LogP contribution in [0, 0.1) is 5.92 Å². The first kappa shape index (κ1) is 15.6. The van der Waals surface area contributed by atoms with Crippen LogP contribution in [-0.4, -0.2) is 19.1 Å². The molecule has 2 N–H and O–H groups in total. The van der Waals surface area contributed by atoms with Crippen LogP contribution in [0.5, 0.6) is 0 Å². The molecule has 1 aromatic heterocycles. The molecule has 0 radical (unpaired) electrons. The van der Waals surface area contributed by atoms with Gasteiger partial charge in [-0.2, -0.15) is 0 Å². The smallest absolute Gasteiger partial charge is 0.314 e. The van der Waals surface area contributed by atoms with Crippen LogP contribution in [0.1, 0.15) is 45.3 Å². The molecule has 4 nitrogen and oxygen atoms in total. The largest absolute Gasteiger partial charge is 0.469 e. The van der Waals surface area contributed by atoms with E-state index >= 15 is 0 Å². The number of hydrogen-bond acceptors (Lipinski definition) is 2. The first-order valence-corrected chi connectivity index (χ1v) is 7.30. The van der Waals surface area contributed by atoms with Gasteiger partial charge in [0.05, 0.1) is 6.26 Å². The van der Waals surface area contributed by atoms with Gasteiger partial charge in [0.25, 0.3) is 0 Å². The van der Waals surface area contributed by atoms with Crippen LogP contribution in [0.4, 0.5) is 4.79 Å². The van der Waals surface area contributed by atoms with Crippen LogP contribution in [0.2, 0.25) is 0 Å². The van der Waals surface area contributed by atoms with Crippen molar-refractivity contribution < 1.29 is 9.21 Å². The highest BCUT2D eigenvalue weighted by Crippen LogP contribution is 2.10.